The van der Waals surface area contributed by atoms with E-state index < -0.39 is 26.7 Å². The van der Waals surface area contributed by atoms with Gasteiger partial charge in [-0.25, -0.2) is 8.42 Å². The molecule has 198 valence electrons. The largest absolute Gasteiger partial charge is 0.504 e. The molecule has 3 aromatic rings. The number of hydrogen-bond donors (Lipinski definition) is 2. The van der Waals surface area contributed by atoms with Crippen LogP contribution >= 0.6 is 0 Å². The Hall–Kier alpha value is -4.06. The second-order valence-electron chi connectivity index (χ2n) is 7.50. The minimum Gasteiger partial charge on any atom is -0.504 e. The molecule has 37 heavy (non-hydrogen) atoms. The molecule has 2 N–H and O–H groups in total. The number of ether oxygens (including phenoxy) is 4. The van der Waals surface area contributed by atoms with Gasteiger partial charge in [-0.1, -0.05) is 12.2 Å². The van der Waals surface area contributed by atoms with Gasteiger partial charge in [0.2, 0.25) is 5.75 Å². The highest BCUT2D eigenvalue weighted by Gasteiger charge is 2.31. The van der Waals surface area contributed by atoms with Gasteiger partial charge in [0.05, 0.1) is 38.9 Å². The molecule has 3 rings (SSSR count). The maximum atomic E-state index is 13.0. The number of rotatable bonds is 9. The van der Waals surface area contributed by atoms with Crippen LogP contribution in [0.25, 0.3) is 12.2 Å². The van der Waals surface area contributed by atoms with E-state index in [1.165, 1.54) is 40.6 Å². The van der Waals surface area contributed by atoms with E-state index in [0.717, 1.165) is 12.1 Å². The number of anilines is 1. The molecule has 0 aliphatic heterocycles. The average Bonchev–Trinajstić information content (AvgIpc) is 2.87. The Morgan fingerprint density at radius 2 is 1.38 bits per heavy atom. The van der Waals surface area contributed by atoms with Crippen molar-refractivity contribution in [3.8, 4) is 28.7 Å². The van der Waals surface area contributed by atoms with Crippen molar-refractivity contribution >= 4 is 27.9 Å². The number of hydrogen-bond acceptors (Lipinski definition) is 7. The van der Waals surface area contributed by atoms with Crippen LogP contribution in [-0.4, -0.2) is 42.0 Å². The molecular weight excluding hydrogens is 515 g/mol. The first-order valence-electron chi connectivity index (χ1n) is 10.5. The molecule has 0 aliphatic carbocycles. The van der Waals surface area contributed by atoms with Crippen LogP contribution in [0.4, 0.5) is 18.9 Å². The molecule has 0 heterocycles. The van der Waals surface area contributed by atoms with Gasteiger partial charge in [0.25, 0.3) is 10.0 Å². The number of nitrogens with one attached hydrogen (secondary N) is 1. The number of benzene rings is 3. The Labute approximate surface area is 211 Å². The topological polar surface area (TPSA) is 103 Å². The fourth-order valence-corrected chi connectivity index (χ4v) is 4.53. The third kappa shape index (κ3) is 6.02. The number of alkyl halides is 3. The van der Waals surface area contributed by atoms with Crippen molar-refractivity contribution in [2.24, 2.45) is 0 Å². The van der Waals surface area contributed by atoms with Crippen molar-refractivity contribution in [1.82, 2.24) is 0 Å². The van der Waals surface area contributed by atoms with Crippen molar-refractivity contribution in [1.29, 1.82) is 0 Å². The number of phenols is 1. The third-order valence-corrected chi connectivity index (χ3v) is 6.61. The Kier molecular flexibility index (Phi) is 8.12. The normalized spacial score (nSPS) is 11.9. The van der Waals surface area contributed by atoms with Gasteiger partial charge < -0.3 is 24.1 Å². The van der Waals surface area contributed by atoms with Crippen LogP contribution in [0.5, 0.6) is 28.7 Å². The zero-order valence-corrected chi connectivity index (χ0v) is 21.0. The summed E-state index contributed by atoms with van der Waals surface area (Å²) in [4.78, 5) is -0.412. The summed E-state index contributed by atoms with van der Waals surface area (Å²) in [6.45, 7) is 0. The van der Waals surface area contributed by atoms with E-state index >= 15 is 0 Å². The smallest absolute Gasteiger partial charge is 0.416 e. The van der Waals surface area contributed by atoms with Crippen molar-refractivity contribution < 1.29 is 45.6 Å². The molecule has 3 aromatic carbocycles. The molecule has 0 aliphatic rings. The fourth-order valence-electron chi connectivity index (χ4n) is 3.44. The summed E-state index contributed by atoms with van der Waals surface area (Å²) in [5.74, 6) is 0.652. The van der Waals surface area contributed by atoms with Gasteiger partial charge in [-0.05, 0) is 54.1 Å². The number of sulfonamides is 1. The second-order valence-corrected chi connectivity index (χ2v) is 9.18. The van der Waals surface area contributed by atoms with E-state index in [1.54, 1.807) is 24.3 Å². The number of phenolic OH excluding ortho intramolecular Hbond substituents is 1. The summed E-state index contributed by atoms with van der Waals surface area (Å²) < 4.78 is 88.1. The molecule has 0 atom stereocenters. The van der Waals surface area contributed by atoms with Crippen molar-refractivity contribution in [2.75, 3.05) is 33.2 Å². The van der Waals surface area contributed by atoms with Crippen LogP contribution in [0.3, 0.4) is 0 Å². The van der Waals surface area contributed by atoms with Gasteiger partial charge in [-0.2, -0.15) is 13.2 Å². The first kappa shape index (κ1) is 27.5. The summed E-state index contributed by atoms with van der Waals surface area (Å²) in [5.41, 5.74) is -0.210. The lowest BCUT2D eigenvalue weighted by molar-refractivity contribution is -0.137. The average molecular weight is 540 g/mol. The minimum absolute atomic E-state index is 0.119. The van der Waals surface area contributed by atoms with Crippen molar-refractivity contribution in [3.63, 3.8) is 0 Å². The SMILES string of the molecule is COc1cc(/C=C\c2ccc(O)c(OC)c2NS(=O)(=O)c2ccc(C(F)(F)F)cc2)cc(OC)c1OC. The lowest BCUT2D eigenvalue weighted by Crippen LogP contribution is -2.15. The molecule has 0 radical (unpaired) electrons. The highest BCUT2D eigenvalue weighted by Crippen LogP contribution is 2.41. The maximum Gasteiger partial charge on any atom is 0.416 e. The molecule has 0 fully saturated rings. The van der Waals surface area contributed by atoms with Crippen LogP contribution in [0.2, 0.25) is 0 Å². The van der Waals surface area contributed by atoms with E-state index in [9.17, 15) is 26.7 Å². The van der Waals surface area contributed by atoms with E-state index in [1.807, 2.05) is 0 Å². The summed E-state index contributed by atoms with van der Waals surface area (Å²) in [7, 11) is 1.26. The highest BCUT2D eigenvalue weighted by atomic mass is 32.2. The van der Waals surface area contributed by atoms with E-state index in [4.69, 9.17) is 18.9 Å². The Balaban J connectivity index is 2.04. The van der Waals surface area contributed by atoms with Gasteiger partial charge >= 0.3 is 6.18 Å². The van der Waals surface area contributed by atoms with E-state index in [2.05, 4.69) is 4.72 Å². The van der Waals surface area contributed by atoms with Crippen LogP contribution in [0.15, 0.2) is 53.4 Å². The summed E-state index contributed by atoms with van der Waals surface area (Å²) in [5, 5.41) is 10.2. The maximum absolute atomic E-state index is 13.0. The molecule has 0 aromatic heterocycles. The molecule has 12 heteroatoms. The summed E-state index contributed by atoms with van der Waals surface area (Å²) in [6, 6.07) is 9.10. The second kappa shape index (κ2) is 10.9. The quantitative estimate of drug-likeness (QED) is 0.350. The molecule has 0 spiro atoms. The first-order chi connectivity index (χ1) is 17.4. The zero-order valence-electron chi connectivity index (χ0n) is 20.2. The molecular formula is C25H24F3NO7S. The Morgan fingerprint density at radius 1 is 0.811 bits per heavy atom. The number of aromatic hydroxyl groups is 1. The van der Waals surface area contributed by atoms with Crippen LogP contribution in [0.1, 0.15) is 16.7 Å². The van der Waals surface area contributed by atoms with Crippen LogP contribution in [0, 0.1) is 0 Å². The lowest BCUT2D eigenvalue weighted by atomic mass is 10.1. The lowest BCUT2D eigenvalue weighted by Gasteiger charge is -2.16. The molecule has 0 unspecified atom stereocenters. The molecule has 8 nitrogen and oxygen atoms in total. The van der Waals surface area contributed by atoms with Crippen LogP contribution < -0.4 is 23.7 Å². The summed E-state index contributed by atoms with van der Waals surface area (Å²) >= 11 is 0. The van der Waals surface area contributed by atoms with E-state index in [-0.39, 0.29) is 17.2 Å². The molecule has 0 amide bonds. The van der Waals surface area contributed by atoms with Gasteiger partial charge in [0, 0.05) is 5.56 Å². The van der Waals surface area contributed by atoms with Crippen LogP contribution in [-0.2, 0) is 16.2 Å². The van der Waals surface area contributed by atoms with Gasteiger partial charge in [-0.3, -0.25) is 4.72 Å². The number of methoxy groups -OCH3 is 4. The van der Waals surface area contributed by atoms with Crippen molar-refractivity contribution in [2.45, 2.75) is 11.1 Å². The fraction of sp³-hybridized carbons (Fsp3) is 0.200. The summed E-state index contributed by atoms with van der Waals surface area (Å²) in [6.07, 6.45) is -1.44. The molecule has 0 saturated heterocycles. The monoisotopic (exact) mass is 539 g/mol. The molecule has 0 saturated carbocycles. The van der Waals surface area contributed by atoms with Gasteiger partial charge in [0.1, 0.15) is 5.69 Å². The first-order valence-corrected chi connectivity index (χ1v) is 12.0. The zero-order chi connectivity index (χ0) is 27.4. The highest BCUT2D eigenvalue weighted by molar-refractivity contribution is 7.92. The predicted octanol–water partition coefficient (Wildman–Crippen LogP) is 5.42. The standard InChI is InChI=1S/C25H24F3NO7S/c1-33-20-13-15(14-21(34-2)24(20)36-4)5-6-16-7-12-19(30)23(35-3)22(16)29-37(31,32)18-10-8-17(9-11-18)25(26,27)28/h5-14,29-30H,1-4H3/b6-5-. The van der Waals surface area contributed by atoms with Gasteiger partial charge in [0.15, 0.2) is 23.0 Å². The Bertz CT molecular complexity index is 1380. The van der Waals surface area contributed by atoms with E-state index in [0.29, 0.717) is 40.5 Å². The Morgan fingerprint density at radius 3 is 1.86 bits per heavy atom. The van der Waals surface area contributed by atoms with Gasteiger partial charge in [-0.15, -0.1) is 0 Å². The number of halogens is 3. The third-order valence-electron chi connectivity index (χ3n) is 5.24. The predicted molar refractivity (Wildman–Crippen MR) is 132 cm³/mol. The minimum atomic E-state index is -4.62. The molecule has 0 bridgehead atoms. The van der Waals surface area contributed by atoms with Crippen molar-refractivity contribution in [3.05, 3.63) is 65.2 Å².